The number of ether oxygens (including phenoxy) is 1. The summed E-state index contributed by atoms with van der Waals surface area (Å²) in [5.74, 6) is 0.655. The molecule has 5 nitrogen and oxygen atoms in total. The molecule has 0 fully saturated rings. The van der Waals surface area contributed by atoms with Gasteiger partial charge in [0.1, 0.15) is 5.82 Å². The Kier molecular flexibility index (Phi) is 6.70. The minimum Gasteiger partial charge on any atom is -0.467 e. The molecule has 0 atom stereocenters. The zero-order valence-corrected chi connectivity index (χ0v) is 16.8. The molecule has 0 bridgehead atoms. The summed E-state index contributed by atoms with van der Waals surface area (Å²) >= 11 is 12.2. The van der Waals surface area contributed by atoms with Crippen molar-refractivity contribution in [3.63, 3.8) is 0 Å². The lowest BCUT2D eigenvalue weighted by Gasteiger charge is -2.10. The van der Waals surface area contributed by atoms with E-state index in [1.165, 1.54) is 7.11 Å². The Hall–Kier alpha value is -2.81. The average Bonchev–Trinajstić information content (AvgIpc) is 2.70. The second-order valence-electron chi connectivity index (χ2n) is 6.05. The van der Waals surface area contributed by atoms with Crippen LogP contribution >= 0.6 is 23.2 Å². The van der Waals surface area contributed by atoms with Crippen molar-refractivity contribution in [2.24, 2.45) is 0 Å². The molecule has 2 aromatic carbocycles. The molecular formula is C21H18Cl2N4O. The van der Waals surface area contributed by atoms with E-state index in [1.807, 2.05) is 42.5 Å². The van der Waals surface area contributed by atoms with Crippen LogP contribution in [-0.2, 0) is 13.0 Å². The number of halogens is 2. The predicted molar refractivity (Wildman–Crippen MR) is 113 cm³/mol. The van der Waals surface area contributed by atoms with Gasteiger partial charge in [0.25, 0.3) is 0 Å². The summed E-state index contributed by atoms with van der Waals surface area (Å²) in [5, 5.41) is 4.55. The number of nitrogens with zero attached hydrogens (tertiary/aromatic N) is 3. The first kappa shape index (κ1) is 19.9. The molecule has 0 amide bonds. The lowest BCUT2D eigenvalue weighted by atomic mass is 10.1. The Labute approximate surface area is 174 Å². The Morgan fingerprint density at radius 1 is 1.11 bits per heavy atom. The highest BCUT2D eigenvalue weighted by molar-refractivity contribution is 6.35. The summed E-state index contributed by atoms with van der Waals surface area (Å²) in [6.07, 6.45) is 0.720. The molecule has 0 aliphatic heterocycles. The van der Waals surface area contributed by atoms with E-state index in [4.69, 9.17) is 34.5 Å². The number of methoxy groups -OCH3 is 1. The minimum absolute atomic E-state index is 0.278. The standard InChI is InChI=1S/C21H18Cl2N4O/c1-24-13-14-4-3-5-16(10-14)19-12-20(27-21(26-19)28-2)25-9-8-15-6-7-17(22)11-18(15)23/h3-7,10-12H,8-9,13H2,2H3,(H,25,26,27). The van der Waals surface area contributed by atoms with Crippen LogP contribution in [0.15, 0.2) is 48.5 Å². The van der Waals surface area contributed by atoms with Crippen LogP contribution in [0.25, 0.3) is 16.1 Å². The number of nitrogens with one attached hydrogen (secondary N) is 1. The van der Waals surface area contributed by atoms with Crippen LogP contribution in [0.2, 0.25) is 10.0 Å². The van der Waals surface area contributed by atoms with E-state index in [2.05, 4.69) is 20.1 Å². The highest BCUT2D eigenvalue weighted by Gasteiger charge is 2.09. The molecule has 28 heavy (non-hydrogen) atoms. The van der Waals surface area contributed by atoms with Gasteiger partial charge in [-0.05, 0) is 30.2 Å². The molecular weight excluding hydrogens is 395 g/mol. The molecule has 1 N–H and O–H groups in total. The van der Waals surface area contributed by atoms with Gasteiger partial charge in [-0.3, -0.25) is 0 Å². The van der Waals surface area contributed by atoms with Crippen molar-refractivity contribution in [3.05, 3.63) is 81.1 Å². The maximum Gasteiger partial charge on any atom is 0.318 e. The lowest BCUT2D eigenvalue weighted by molar-refractivity contribution is 0.381. The van der Waals surface area contributed by atoms with Gasteiger partial charge in [0.2, 0.25) is 6.54 Å². The van der Waals surface area contributed by atoms with Crippen LogP contribution < -0.4 is 10.1 Å². The molecule has 7 heteroatoms. The molecule has 1 aromatic heterocycles. The summed E-state index contributed by atoms with van der Waals surface area (Å²) in [5.41, 5.74) is 3.58. The summed E-state index contributed by atoms with van der Waals surface area (Å²) in [6, 6.07) is 15.4. The molecule has 0 saturated heterocycles. The van der Waals surface area contributed by atoms with Crippen molar-refractivity contribution in [1.29, 1.82) is 0 Å². The van der Waals surface area contributed by atoms with Gasteiger partial charge in [0.15, 0.2) is 0 Å². The third kappa shape index (κ3) is 5.13. The van der Waals surface area contributed by atoms with E-state index in [9.17, 15) is 0 Å². The monoisotopic (exact) mass is 412 g/mol. The van der Waals surface area contributed by atoms with Gasteiger partial charge in [-0.15, -0.1) is 0 Å². The van der Waals surface area contributed by atoms with Crippen LogP contribution in [0.1, 0.15) is 11.1 Å². The molecule has 3 rings (SSSR count). The number of aromatic nitrogens is 2. The maximum absolute atomic E-state index is 7.04. The van der Waals surface area contributed by atoms with E-state index >= 15 is 0 Å². The van der Waals surface area contributed by atoms with Gasteiger partial charge >= 0.3 is 6.01 Å². The van der Waals surface area contributed by atoms with E-state index < -0.39 is 0 Å². The fourth-order valence-electron chi connectivity index (χ4n) is 2.72. The second kappa shape index (κ2) is 9.41. The fourth-order valence-corrected chi connectivity index (χ4v) is 3.23. The van der Waals surface area contributed by atoms with Gasteiger partial charge < -0.3 is 14.9 Å². The predicted octanol–water partition coefficient (Wildman–Crippen LogP) is 5.53. The molecule has 0 unspecified atom stereocenters. The Morgan fingerprint density at radius 2 is 1.96 bits per heavy atom. The molecule has 3 aromatic rings. The first-order valence-electron chi connectivity index (χ1n) is 8.62. The molecule has 0 saturated carbocycles. The van der Waals surface area contributed by atoms with Gasteiger partial charge in [-0.25, -0.2) is 6.57 Å². The van der Waals surface area contributed by atoms with E-state index in [0.717, 1.165) is 28.8 Å². The van der Waals surface area contributed by atoms with Crippen LogP contribution in [0.4, 0.5) is 5.82 Å². The Morgan fingerprint density at radius 3 is 2.71 bits per heavy atom. The first-order chi connectivity index (χ1) is 13.6. The van der Waals surface area contributed by atoms with Crippen LogP contribution in [0, 0.1) is 6.57 Å². The van der Waals surface area contributed by atoms with Crippen molar-refractivity contribution in [2.45, 2.75) is 13.0 Å². The van der Waals surface area contributed by atoms with Crippen molar-refractivity contribution in [2.75, 3.05) is 19.0 Å². The topological polar surface area (TPSA) is 51.4 Å². The normalized spacial score (nSPS) is 10.4. The van der Waals surface area contributed by atoms with E-state index in [-0.39, 0.29) is 6.01 Å². The van der Waals surface area contributed by atoms with Crippen molar-refractivity contribution in [3.8, 4) is 17.3 Å². The summed E-state index contributed by atoms with van der Waals surface area (Å²) < 4.78 is 5.25. The van der Waals surface area contributed by atoms with Gasteiger partial charge in [0, 0.05) is 33.8 Å². The molecule has 0 radical (unpaired) electrons. The average molecular weight is 413 g/mol. The number of benzene rings is 2. The molecule has 0 aliphatic rings. The Bertz CT molecular complexity index is 1020. The SMILES string of the molecule is [C-]#[N+]Cc1cccc(-c2cc(NCCc3ccc(Cl)cc3Cl)nc(OC)n2)c1. The number of rotatable bonds is 7. The zero-order chi connectivity index (χ0) is 19.9. The molecule has 0 aliphatic carbocycles. The van der Waals surface area contributed by atoms with Gasteiger partial charge in [0.05, 0.1) is 12.8 Å². The summed E-state index contributed by atoms with van der Waals surface area (Å²) in [6.45, 7) is 8.01. The zero-order valence-electron chi connectivity index (χ0n) is 15.2. The van der Waals surface area contributed by atoms with Gasteiger partial charge in [-0.2, -0.15) is 9.97 Å². The van der Waals surface area contributed by atoms with Crippen LogP contribution in [-0.4, -0.2) is 23.6 Å². The highest BCUT2D eigenvalue weighted by Crippen LogP contribution is 2.24. The van der Waals surface area contributed by atoms with Crippen molar-refractivity contribution in [1.82, 2.24) is 9.97 Å². The first-order valence-corrected chi connectivity index (χ1v) is 9.38. The Balaban J connectivity index is 1.77. The minimum atomic E-state index is 0.278. The molecule has 1 heterocycles. The van der Waals surface area contributed by atoms with E-state index in [0.29, 0.717) is 29.0 Å². The van der Waals surface area contributed by atoms with E-state index in [1.54, 1.807) is 6.07 Å². The van der Waals surface area contributed by atoms with Crippen molar-refractivity contribution >= 4 is 29.0 Å². The third-order valence-electron chi connectivity index (χ3n) is 4.09. The third-order valence-corrected chi connectivity index (χ3v) is 4.68. The summed E-state index contributed by atoms with van der Waals surface area (Å²) in [4.78, 5) is 12.2. The summed E-state index contributed by atoms with van der Waals surface area (Å²) in [7, 11) is 1.53. The van der Waals surface area contributed by atoms with Crippen molar-refractivity contribution < 1.29 is 4.74 Å². The largest absolute Gasteiger partial charge is 0.467 e. The quantitative estimate of drug-likeness (QED) is 0.518. The smallest absolute Gasteiger partial charge is 0.318 e. The number of hydrogen-bond acceptors (Lipinski definition) is 4. The van der Waals surface area contributed by atoms with Crippen LogP contribution in [0.3, 0.4) is 0 Å². The lowest BCUT2D eigenvalue weighted by Crippen LogP contribution is -2.08. The molecule has 142 valence electrons. The number of anilines is 1. The fraction of sp³-hybridized carbons (Fsp3) is 0.190. The van der Waals surface area contributed by atoms with Crippen LogP contribution in [0.5, 0.6) is 6.01 Å². The maximum atomic E-state index is 7.04. The highest BCUT2D eigenvalue weighted by atomic mass is 35.5. The molecule has 0 spiro atoms. The number of hydrogen-bond donors (Lipinski definition) is 1. The van der Waals surface area contributed by atoms with Gasteiger partial charge in [-0.1, -0.05) is 47.5 Å². The second-order valence-corrected chi connectivity index (χ2v) is 6.90.